The number of esters is 1. The molecular formula is C24H21FN2O6S. The molecule has 0 fully saturated rings. The SMILES string of the molecule is COC(=O)c1ccc(OC)c(CN2C(=O)N(Cc3ccc(F)cc3)S(=O)(=O)c3ccccc32)c1. The van der Waals surface area contributed by atoms with E-state index >= 15 is 0 Å². The molecule has 0 atom stereocenters. The molecule has 10 heteroatoms. The number of sulfonamides is 1. The molecule has 3 aromatic rings. The number of methoxy groups -OCH3 is 2. The maximum absolute atomic E-state index is 13.5. The number of nitrogens with zero attached hydrogens (tertiary/aromatic N) is 2. The molecule has 0 bridgehead atoms. The first kappa shape index (κ1) is 23.2. The van der Waals surface area contributed by atoms with Gasteiger partial charge in [-0.05, 0) is 48.0 Å². The Morgan fingerprint density at radius 2 is 1.68 bits per heavy atom. The van der Waals surface area contributed by atoms with Crippen molar-refractivity contribution in [1.82, 2.24) is 4.31 Å². The molecular weight excluding hydrogens is 463 g/mol. The highest BCUT2D eigenvalue weighted by molar-refractivity contribution is 7.90. The predicted octanol–water partition coefficient (Wildman–Crippen LogP) is 3.95. The van der Waals surface area contributed by atoms with Gasteiger partial charge in [-0.2, -0.15) is 0 Å². The van der Waals surface area contributed by atoms with Crippen molar-refractivity contribution < 1.29 is 31.9 Å². The second kappa shape index (κ2) is 9.14. The van der Waals surface area contributed by atoms with E-state index in [1.54, 1.807) is 18.2 Å². The summed E-state index contributed by atoms with van der Waals surface area (Å²) >= 11 is 0. The van der Waals surface area contributed by atoms with Gasteiger partial charge in [-0.1, -0.05) is 24.3 Å². The van der Waals surface area contributed by atoms with Crippen LogP contribution in [0.5, 0.6) is 5.75 Å². The zero-order valence-electron chi connectivity index (χ0n) is 18.4. The summed E-state index contributed by atoms with van der Waals surface area (Å²) in [6, 6.07) is 15.3. The van der Waals surface area contributed by atoms with Crippen molar-refractivity contribution in [1.29, 1.82) is 0 Å². The first-order valence-electron chi connectivity index (χ1n) is 10.2. The Bertz CT molecular complexity index is 1360. The van der Waals surface area contributed by atoms with Gasteiger partial charge in [0.15, 0.2) is 0 Å². The number of urea groups is 1. The van der Waals surface area contributed by atoms with Crippen LogP contribution < -0.4 is 9.64 Å². The summed E-state index contributed by atoms with van der Waals surface area (Å²) in [7, 11) is -1.45. The van der Waals surface area contributed by atoms with Gasteiger partial charge in [-0.3, -0.25) is 4.90 Å². The van der Waals surface area contributed by atoms with Crippen molar-refractivity contribution in [2.45, 2.75) is 18.0 Å². The molecule has 3 aromatic carbocycles. The minimum absolute atomic E-state index is 0.0419. The van der Waals surface area contributed by atoms with Crippen molar-refractivity contribution in [3.8, 4) is 5.75 Å². The van der Waals surface area contributed by atoms with Crippen molar-refractivity contribution in [3.05, 3.63) is 89.2 Å². The number of benzene rings is 3. The maximum atomic E-state index is 13.5. The van der Waals surface area contributed by atoms with E-state index in [4.69, 9.17) is 9.47 Å². The largest absolute Gasteiger partial charge is 0.496 e. The van der Waals surface area contributed by atoms with Gasteiger partial charge in [0.2, 0.25) is 0 Å². The summed E-state index contributed by atoms with van der Waals surface area (Å²) in [5.74, 6) is -0.618. The molecule has 0 spiro atoms. The first-order valence-corrected chi connectivity index (χ1v) is 11.6. The Labute approximate surface area is 196 Å². The van der Waals surface area contributed by atoms with Crippen LogP contribution >= 0.6 is 0 Å². The third kappa shape index (κ3) is 4.19. The molecule has 8 nitrogen and oxygen atoms in total. The van der Waals surface area contributed by atoms with Crippen molar-refractivity contribution in [3.63, 3.8) is 0 Å². The monoisotopic (exact) mass is 484 g/mol. The van der Waals surface area contributed by atoms with E-state index in [0.717, 1.165) is 4.31 Å². The Morgan fingerprint density at radius 1 is 0.971 bits per heavy atom. The summed E-state index contributed by atoms with van der Waals surface area (Å²) in [5.41, 5.74) is 1.39. The minimum atomic E-state index is -4.16. The minimum Gasteiger partial charge on any atom is -0.496 e. The first-order chi connectivity index (χ1) is 16.3. The van der Waals surface area contributed by atoms with Crippen LogP contribution in [0.2, 0.25) is 0 Å². The molecule has 4 rings (SSSR count). The molecule has 34 heavy (non-hydrogen) atoms. The zero-order valence-corrected chi connectivity index (χ0v) is 19.2. The van der Waals surface area contributed by atoms with E-state index in [0.29, 0.717) is 16.9 Å². The lowest BCUT2D eigenvalue weighted by Gasteiger charge is -2.36. The topological polar surface area (TPSA) is 93.2 Å². The highest BCUT2D eigenvalue weighted by atomic mass is 32.2. The van der Waals surface area contributed by atoms with E-state index < -0.39 is 27.8 Å². The quantitative estimate of drug-likeness (QED) is 0.492. The molecule has 1 heterocycles. The van der Waals surface area contributed by atoms with E-state index in [-0.39, 0.29) is 29.2 Å². The van der Waals surface area contributed by atoms with Crippen LogP contribution in [0.25, 0.3) is 0 Å². The number of hydrogen-bond acceptors (Lipinski definition) is 6. The third-order valence-electron chi connectivity index (χ3n) is 5.44. The van der Waals surface area contributed by atoms with Gasteiger partial charge in [0.05, 0.1) is 38.6 Å². The number of carbonyl (C=O) groups is 2. The summed E-state index contributed by atoms with van der Waals surface area (Å²) in [4.78, 5) is 26.8. The van der Waals surface area contributed by atoms with Gasteiger partial charge in [0.1, 0.15) is 16.5 Å². The lowest BCUT2D eigenvalue weighted by molar-refractivity contribution is 0.0600. The number of hydrogen-bond donors (Lipinski definition) is 0. The number of ether oxygens (including phenoxy) is 2. The average molecular weight is 485 g/mol. The Kier molecular flexibility index (Phi) is 6.25. The molecule has 0 aliphatic carbocycles. The fraction of sp³-hybridized carbons (Fsp3) is 0.167. The summed E-state index contributed by atoms with van der Waals surface area (Å²) < 4.78 is 50.9. The summed E-state index contributed by atoms with van der Waals surface area (Å²) in [6.45, 7) is -0.342. The number of anilines is 1. The van der Waals surface area contributed by atoms with Gasteiger partial charge < -0.3 is 9.47 Å². The van der Waals surface area contributed by atoms with Crippen LogP contribution in [0.3, 0.4) is 0 Å². The van der Waals surface area contributed by atoms with Crippen LogP contribution in [0.1, 0.15) is 21.5 Å². The number of halogens is 1. The van der Waals surface area contributed by atoms with Crippen LogP contribution in [0.4, 0.5) is 14.9 Å². The van der Waals surface area contributed by atoms with Crippen LogP contribution in [0, 0.1) is 5.82 Å². The third-order valence-corrected chi connectivity index (χ3v) is 7.20. The fourth-order valence-electron chi connectivity index (χ4n) is 3.74. The molecule has 1 aliphatic heterocycles. The van der Waals surface area contributed by atoms with Crippen LogP contribution in [-0.2, 0) is 27.8 Å². The number of amides is 2. The average Bonchev–Trinajstić information content (AvgIpc) is 2.85. The van der Waals surface area contributed by atoms with Gasteiger partial charge in [-0.25, -0.2) is 26.7 Å². The highest BCUT2D eigenvalue weighted by Crippen LogP contribution is 2.37. The Hall–Kier alpha value is -3.92. The predicted molar refractivity (Wildman–Crippen MR) is 121 cm³/mol. The molecule has 0 radical (unpaired) electrons. The Morgan fingerprint density at radius 3 is 2.35 bits per heavy atom. The molecule has 0 N–H and O–H groups in total. The van der Waals surface area contributed by atoms with E-state index in [2.05, 4.69) is 0 Å². The van der Waals surface area contributed by atoms with Gasteiger partial charge in [0, 0.05) is 5.56 Å². The Balaban J connectivity index is 1.79. The number of carbonyl (C=O) groups excluding carboxylic acids is 2. The van der Waals surface area contributed by atoms with Crippen molar-refractivity contribution in [2.75, 3.05) is 19.1 Å². The molecule has 0 saturated carbocycles. The fourth-order valence-corrected chi connectivity index (χ4v) is 5.29. The summed E-state index contributed by atoms with van der Waals surface area (Å²) in [6.07, 6.45) is 0. The number of fused-ring (bicyclic) bond motifs is 1. The van der Waals surface area contributed by atoms with Crippen LogP contribution in [0.15, 0.2) is 71.6 Å². The second-order valence-electron chi connectivity index (χ2n) is 7.49. The van der Waals surface area contributed by atoms with Gasteiger partial charge >= 0.3 is 12.0 Å². The normalized spacial score (nSPS) is 14.5. The molecule has 0 aromatic heterocycles. The van der Waals surface area contributed by atoms with E-state index in [1.807, 2.05) is 0 Å². The van der Waals surface area contributed by atoms with E-state index in [1.165, 1.54) is 67.7 Å². The van der Waals surface area contributed by atoms with Gasteiger partial charge in [0.25, 0.3) is 10.0 Å². The lowest BCUT2D eigenvalue weighted by atomic mass is 10.1. The highest BCUT2D eigenvalue weighted by Gasteiger charge is 2.41. The standard InChI is InChI=1S/C24H21FN2O6S/c1-32-21-12-9-17(23(28)33-2)13-18(21)15-26-20-5-3-4-6-22(20)34(30,31)27(24(26)29)14-16-7-10-19(25)11-8-16/h3-13H,14-15H2,1-2H3. The van der Waals surface area contributed by atoms with E-state index in [9.17, 15) is 22.4 Å². The molecule has 2 amide bonds. The van der Waals surface area contributed by atoms with Crippen LogP contribution in [-0.4, -0.2) is 38.9 Å². The number of para-hydroxylation sites is 1. The smallest absolute Gasteiger partial charge is 0.339 e. The zero-order chi connectivity index (χ0) is 24.5. The van der Waals surface area contributed by atoms with Gasteiger partial charge in [-0.15, -0.1) is 0 Å². The molecule has 0 saturated heterocycles. The molecule has 0 unspecified atom stereocenters. The molecule has 1 aliphatic rings. The second-order valence-corrected chi connectivity index (χ2v) is 9.32. The number of rotatable bonds is 6. The van der Waals surface area contributed by atoms with Crippen molar-refractivity contribution >= 4 is 27.7 Å². The maximum Gasteiger partial charge on any atom is 0.339 e. The lowest BCUT2D eigenvalue weighted by Crippen LogP contribution is -2.50. The molecule has 176 valence electrons. The summed E-state index contributed by atoms with van der Waals surface area (Å²) in [5, 5.41) is 0. The van der Waals surface area contributed by atoms with Crippen molar-refractivity contribution in [2.24, 2.45) is 0 Å².